The summed E-state index contributed by atoms with van der Waals surface area (Å²) in [4.78, 5) is 17.6. The Bertz CT molecular complexity index is 1140. The quantitative estimate of drug-likeness (QED) is 0.431. The van der Waals surface area contributed by atoms with Gasteiger partial charge in [-0.05, 0) is 52.7 Å². The number of ketones is 1. The molecule has 1 aliphatic rings. The molecular weight excluding hydrogens is 448 g/mol. The molecule has 2 aromatic rings. The van der Waals surface area contributed by atoms with Crippen molar-refractivity contribution in [2.24, 2.45) is 11.1 Å². The van der Waals surface area contributed by atoms with E-state index in [1.165, 1.54) is 12.4 Å². The van der Waals surface area contributed by atoms with Gasteiger partial charge >= 0.3 is 10.3 Å². The summed E-state index contributed by atoms with van der Waals surface area (Å²) >= 11 is 0. The third-order valence-corrected chi connectivity index (χ3v) is 6.65. The molecule has 0 aromatic carbocycles. The number of carbonyl (C=O) groups is 1. The molecule has 4 atom stereocenters. The lowest BCUT2D eigenvalue weighted by Crippen LogP contribution is -2.36. The fourth-order valence-corrected chi connectivity index (χ4v) is 4.65. The number of anilines is 1. The van der Waals surface area contributed by atoms with Gasteiger partial charge in [0.25, 0.3) is 0 Å². The first-order valence-corrected chi connectivity index (χ1v) is 12.2. The van der Waals surface area contributed by atoms with E-state index in [2.05, 4.69) is 39.8 Å². The van der Waals surface area contributed by atoms with Crippen LogP contribution >= 0.6 is 0 Å². The molecule has 3 rings (SSSR count). The number of hydrogen-bond donors (Lipinski definition) is 4. The van der Waals surface area contributed by atoms with Crippen molar-refractivity contribution in [2.75, 3.05) is 11.9 Å². The molecule has 1 fully saturated rings. The lowest BCUT2D eigenvalue weighted by Gasteiger charge is -2.23. The number of aliphatic hydroxyl groups is 2. The van der Waals surface area contributed by atoms with Gasteiger partial charge in [0.05, 0.1) is 24.3 Å². The van der Waals surface area contributed by atoms with E-state index in [0.29, 0.717) is 16.8 Å². The Kier molecular flexibility index (Phi) is 7.02. The van der Waals surface area contributed by atoms with Gasteiger partial charge < -0.3 is 20.1 Å². The van der Waals surface area contributed by atoms with Crippen LogP contribution in [0.1, 0.15) is 54.4 Å². The molecule has 0 saturated heterocycles. The van der Waals surface area contributed by atoms with Gasteiger partial charge in [0.2, 0.25) is 0 Å². The largest absolute Gasteiger partial charge is 0.390 e. The minimum absolute atomic E-state index is 0.193. The maximum atomic E-state index is 13.5. The zero-order chi connectivity index (χ0) is 24.7. The first-order chi connectivity index (χ1) is 15.2. The smallest absolute Gasteiger partial charge is 0.333 e. The Labute approximate surface area is 194 Å². The van der Waals surface area contributed by atoms with Crippen molar-refractivity contribution in [3.05, 3.63) is 47.0 Å². The van der Waals surface area contributed by atoms with Gasteiger partial charge in [0, 0.05) is 47.0 Å². The normalized spacial score (nSPS) is 23.6. The van der Waals surface area contributed by atoms with Gasteiger partial charge in [-0.2, -0.15) is 8.42 Å². The fourth-order valence-electron chi connectivity index (χ4n) is 4.29. The van der Waals surface area contributed by atoms with Crippen LogP contribution < -0.4 is 10.5 Å². The fraction of sp³-hybridized carbons (Fsp3) is 0.545. The molecule has 182 valence electrons. The number of nitrogens with zero attached hydrogens (tertiary/aromatic N) is 2. The molecule has 5 N–H and O–H groups in total. The van der Waals surface area contributed by atoms with Crippen molar-refractivity contribution in [1.82, 2.24) is 9.55 Å². The molecule has 10 nitrogen and oxygen atoms in total. The predicted octanol–water partition coefficient (Wildman–Crippen LogP) is 1.23. The van der Waals surface area contributed by atoms with Crippen molar-refractivity contribution >= 4 is 21.8 Å². The summed E-state index contributed by atoms with van der Waals surface area (Å²) in [7, 11) is -4.16. The Morgan fingerprint density at radius 3 is 2.52 bits per heavy atom. The SMILES string of the molecule is Cc1c(C(=O)c2cnccc2N[C@@H]2C[C@H](COS(N)(=O)=O)[C@@H](O)[C@H]2O)cn(C(C)(C)C)c1C. The Morgan fingerprint density at radius 1 is 1.27 bits per heavy atom. The first kappa shape index (κ1) is 25.3. The number of rotatable bonds is 7. The van der Waals surface area contributed by atoms with Crippen molar-refractivity contribution in [1.29, 1.82) is 0 Å². The lowest BCUT2D eigenvalue weighted by atomic mass is 10.0. The molecule has 33 heavy (non-hydrogen) atoms. The standard InChI is InChI=1S/C22H32N4O6S/c1-12-13(2)26(22(3,4)5)10-16(12)20(28)15-9-24-7-6-17(15)25-18-8-14(19(27)21(18)29)11-32-33(23,30)31/h6-7,9-10,14,18-19,21,27,29H,8,11H2,1-5H3,(H,24,25)(H2,23,30,31)/t14-,18-,19-,21+/m1/s1. The maximum absolute atomic E-state index is 13.5. The molecule has 0 radical (unpaired) electrons. The summed E-state index contributed by atoms with van der Waals surface area (Å²) in [5.74, 6) is -0.862. The van der Waals surface area contributed by atoms with Crippen LogP contribution in [0.2, 0.25) is 0 Å². The highest BCUT2D eigenvalue weighted by Crippen LogP contribution is 2.32. The lowest BCUT2D eigenvalue weighted by molar-refractivity contribution is 0.00781. The van der Waals surface area contributed by atoms with Crippen LogP contribution in [0.3, 0.4) is 0 Å². The van der Waals surface area contributed by atoms with E-state index in [0.717, 1.165) is 11.3 Å². The molecule has 0 bridgehead atoms. The topological polar surface area (TPSA) is 157 Å². The summed E-state index contributed by atoms with van der Waals surface area (Å²) in [6.07, 6.45) is 2.65. The summed E-state index contributed by atoms with van der Waals surface area (Å²) in [6.45, 7) is 9.71. The van der Waals surface area contributed by atoms with Crippen molar-refractivity contribution < 1.29 is 27.6 Å². The van der Waals surface area contributed by atoms with Gasteiger partial charge in [0.1, 0.15) is 6.10 Å². The number of carbonyl (C=O) groups excluding carboxylic acids is 1. The number of nitrogens with one attached hydrogen (secondary N) is 1. The maximum Gasteiger partial charge on any atom is 0.333 e. The number of aliphatic hydroxyl groups excluding tert-OH is 2. The average molecular weight is 481 g/mol. The molecular formula is C22H32N4O6S. The molecule has 0 spiro atoms. The minimum Gasteiger partial charge on any atom is -0.390 e. The van der Waals surface area contributed by atoms with E-state index in [4.69, 9.17) is 5.14 Å². The summed E-state index contributed by atoms with van der Waals surface area (Å²) < 4.78 is 28.8. The van der Waals surface area contributed by atoms with Crippen LogP contribution in [0.25, 0.3) is 0 Å². The predicted molar refractivity (Wildman–Crippen MR) is 123 cm³/mol. The van der Waals surface area contributed by atoms with E-state index in [1.807, 2.05) is 20.0 Å². The van der Waals surface area contributed by atoms with Crippen LogP contribution in [-0.2, 0) is 20.0 Å². The van der Waals surface area contributed by atoms with E-state index < -0.39 is 34.5 Å². The van der Waals surface area contributed by atoms with Gasteiger partial charge in [-0.1, -0.05) is 0 Å². The summed E-state index contributed by atoms with van der Waals surface area (Å²) in [6, 6.07) is 0.994. The first-order valence-electron chi connectivity index (χ1n) is 10.7. The molecule has 2 heterocycles. The number of aromatic nitrogens is 2. The molecule has 1 saturated carbocycles. The van der Waals surface area contributed by atoms with Crippen molar-refractivity contribution in [2.45, 2.75) is 64.8 Å². The third-order valence-electron chi connectivity index (χ3n) is 6.19. The van der Waals surface area contributed by atoms with Crippen LogP contribution in [0.4, 0.5) is 5.69 Å². The highest BCUT2D eigenvalue weighted by molar-refractivity contribution is 7.84. The zero-order valence-electron chi connectivity index (χ0n) is 19.4. The number of pyridine rings is 1. The van der Waals surface area contributed by atoms with Gasteiger partial charge in [0.15, 0.2) is 5.78 Å². The van der Waals surface area contributed by atoms with Crippen molar-refractivity contribution in [3.8, 4) is 0 Å². The molecule has 2 aromatic heterocycles. The molecule has 0 amide bonds. The summed E-state index contributed by atoms with van der Waals surface area (Å²) in [5, 5.41) is 28.8. The van der Waals surface area contributed by atoms with Gasteiger partial charge in [-0.15, -0.1) is 0 Å². The molecule has 0 unspecified atom stereocenters. The van der Waals surface area contributed by atoms with Crippen LogP contribution in [-0.4, -0.2) is 58.8 Å². The second kappa shape index (κ2) is 9.15. The number of hydrogen-bond acceptors (Lipinski definition) is 8. The Morgan fingerprint density at radius 2 is 1.94 bits per heavy atom. The van der Waals surface area contributed by atoms with E-state index in [-0.39, 0.29) is 24.3 Å². The van der Waals surface area contributed by atoms with Crippen LogP contribution in [0.15, 0.2) is 24.7 Å². The monoisotopic (exact) mass is 480 g/mol. The molecule has 1 aliphatic carbocycles. The van der Waals surface area contributed by atoms with Crippen molar-refractivity contribution in [3.63, 3.8) is 0 Å². The second-order valence-corrected chi connectivity index (χ2v) is 10.8. The average Bonchev–Trinajstić information content (AvgIpc) is 3.16. The van der Waals surface area contributed by atoms with E-state index in [1.54, 1.807) is 6.07 Å². The highest BCUT2D eigenvalue weighted by Gasteiger charge is 2.42. The Balaban J connectivity index is 1.85. The van der Waals surface area contributed by atoms with Gasteiger partial charge in [-0.3, -0.25) is 14.0 Å². The van der Waals surface area contributed by atoms with Crippen LogP contribution in [0.5, 0.6) is 0 Å². The zero-order valence-corrected chi connectivity index (χ0v) is 20.3. The van der Waals surface area contributed by atoms with Crippen LogP contribution in [0, 0.1) is 19.8 Å². The number of nitrogens with two attached hydrogens (primary N) is 1. The third kappa shape index (κ3) is 5.44. The highest BCUT2D eigenvalue weighted by atomic mass is 32.2. The van der Waals surface area contributed by atoms with E-state index in [9.17, 15) is 23.4 Å². The minimum atomic E-state index is -4.16. The molecule has 0 aliphatic heterocycles. The molecule has 11 heteroatoms. The van der Waals surface area contributed by atoms with E-state index >= 15 is 0 Å². The summed E-state index contributed by atoms with van der Waals surface area (Å²) in [5.41, 5.74) is 3.03. The van der Waals surface area contributed by atoms with Gasteiger partial charge in [-0.25, -0.2) is 5.14 Å². The second-order valence-electron chi connectivity index (χ2n) is 9.55. The Hall–Kier alpha value is -2.31.